The Morgan fingerprint density at radius 1 is 1.11 bits per heavy atom. The zero-order valence-corrected chi connectivity index (χ0v) is 13.6. The van der Waals surface area contributed by atoms with Crippen LogP contribution >= 0.6 is 0 Å². The Hall–Kier alpha value is -0.120. The van der Waals surface area contributed by atoms with E-state index in [1.54, 1.807) is 0 Å². The maximum atomic E-state index is 3.74. The molecule has 114 valence electrons. The molecule has 3 heteroatoms. The lowest BCUT2D eigenvalue weighted by molar-refractivity contribution is 0.208. The Morgan fingerprint density at radius 3 is 2.32 bits per heavy atom. The molecule has 1 saturated carbocycles. The van der Waals surface area contributed by atoms with Crippen molar-refractivity contribution >= 4 is 0 Å². The lowest BCUT2D eigenvalue weighted by atomic mass is 9.97. The number of likely N-dealkylation sites (N-methyl/N-ethyl adjacent to an activating group) is 2. The molecule has 0 saturated heterocycles. The minimum atomic E-state index is 0.715. The molecular formula is C16H35N3. The summed E-state index contributed by atoms with van der Waals surface area (Å²) >= 11 is 0. The minimum Gasteiger partial charge on any atom is -0.313 e. The van der Waals surface area contributed by atoms with E-state index < -0.39 is 0 Å². The molecule has 1 unspecified atom stereocenters. The standard InChI is InChI=1S/C16H35N3/c1-5-17-16(15-10-7-8-11-15)14-19(6-2)13-9-12-18(3)4/h15-17H,5-14H2,1-4H3. The Kier molecular flexibility index (Phi) is 8.67. The molecule has 0 radical (unpaired) electrons. The summed E-state index contributed by atoms with van der Waals surface area (Å²) in [5.74, 6) is 0.919. The van der Waals surface area contributed by atoms with Crippen molar-refractivity contribution < 1.29 is 0 Å². The largest absolute Gasteiger partial charge is 0.313 e. The van der Waals surface area contributed by atoms with Gasteiger partial charge in [0.05, 0.1) is 0 Å². The first-order valence-corrected chi connectivity index (χ1v) is 8.27. The number of nitrogens with zero attached hydrogens (tertiary/aromatic N) is 2. The summed E-state index contributed by atoms with van der Waals surface area (Å²) in [6.45, 7) is 10.5. The van der Waals surface area contributed by atoms with E-state index in [2.05, 4.69) is 43.1 Å². The van der Waals surface area contributed by atoms with Crippen LogP contribution in [0.15, 0.2) is 0 Å². The molecule has 1 fully saturated rings. The second-order valence-electron chi connectivity index (χ2n) is 6.26. The summed E-state index contributed by atoms with van der Waals surface area (Å²) in [7, 11) is 4.33. The van der Waals surface area contributed by atoms with Crippen molar-refractivity contribution in [2.24, 2.45) is 5.92 Å². The van der Waals surface area contributed by atoms with Crippen LogP contribution in [-0.2, 0) is 0 Å². The molecule has 1 atom stereocenters. The van der Waals surface area contributed by atoms with E-state index in [9.17, 15) is 0 Å². The third kappa shape index (κ3) is 6.73. The van der Waals surface area contributed by atoms with E-state index in [-0.39, 0.29) is 0 Å². The molecule has 0 amide bonds. The van der Waals surface area contributed by atoms with Crippen molar-refractivity contribution in [1.82, 2.24) is 15.1 Å². The number of rotatable bonds is 10. The minimum absolute atomic E-state index is 0.715. The van der Waals surface area contributed by atoms with Gasteiger partial charge in [-0.15, -0.1) is 0 Å². The fraction of sp³-hybridized carbons (Fsp3) is 1.00. The predicted molar refractivity (Wildman–Crippen MR) is 84.7 cm³/mol. The van der Waals surface area contributed by atoms with Crippen molar-refractivity contribution in [3.63, 3.8) is 0 Å². The Bertz CT molecular complexity index is 212. The summed E-state index contributed by atoms with van der Waals surface area (Å²) in [6.07, 6.45) is 7.04. The van der Waals surface area contributed by atoms with E-state index in [1.165, 1.54) is 58.3 Å². The van der Waals surface area contributed by atoms with Gasteiger partial charge in [-0.3, -0.25) is 0 Å². The number of nitrogens with one attached hydrogen (secondary N) is 1. The molecule has 1 N–H and O–H groups in total. The van der Waals surface area contributed by atoms with Crippen LogP contribution in [0.3, 0.4) is 0 Å². The van der Waals surface area contributed by atoms with Gasteiger partial charge in [0.25, 0.3) is 0 Å². The van der Waals surface area contributed by atoms with Gasteiger partial charge in [-0.2, -0.15) is 0 Å². The van der Waals surface area contributed by atoms with Crippen LogP contribution in [0.5, 0.6) is 0 Å². The van der Waals surface area contributed by atoms with Gasteiger partial charge in [0.1, 0.15) is 0 Å². The smallest absolute Gasteiger partial charge is 0.0223 e. The van der Waals surface area contributed by atoms with E-state index in [1.807, 2.05) is 0 Å². The maximum absolute atomic E-state index is 3.74. The first-order chi connectivity index (χ1) is 9.17. The van der Waals surface area contributed by atoms with Crippen molar-refractivity contribution in [1.29, 1.82) is 0 Å². The lowest BCUT2D eigenvalue weighted by Gasteiger charge is -2.31. The van der Waals surface area contributed by atoms with Gasteiger partial charge < -0.3 is 15.1 Å². The molecule has 0 bridgehead atoms. The van der Waals surface area contributed by atoms with Gasteiger partial charge in [0, 0.05) is 12.6 Å². The number of hydrogen-bond donors (Lipinski definition) is 1. The monoisotopic (exact) mass is 269 g/mol. The highest BCUT2D eigenvalue weighted by atomic mass is 15.2. The Balaban J connectivity index is 2.35. The normalized spacial score (nSPS) is 18.6. The second-order valence-corrected chi connectivity index (χ2v) is 6.26. The molecule has 1 aliphatic carbocycles. The van der Waals surface area contributed by atoms with Crippen LogP contribution in [0.25, 0.3) is 0 Å². The van der Waals surface area contributed by atoms with Gasteiger partial charge >= 0.3 is 0 Å². The maximum Gasteiger partial charge on any atom is 0.0223 e. The summed E-state index contributed by atoms with van der Waals surface area (Å²) in [5.41, 5.74) is 0. The molecular weight excluding hydrogens is 234 g/mol. The topological polar surface area (TPSA) is 18.5 Å². The van der Waals surface area contributed by atoms with Crippen molar-refractivity contribution in [2.45, 2.75) is 52.0 Å². The van der Waals surface area contributed by atoms with Gasteiger partial charge in [-0.25, -0.2) is 0 Å². The van der Waals surface area contributed by atoms with Gasteiger partial charge in [-0.05, 0) is 65.5 Å². The first-order valence-electron chi connectivity index (χ1n) is 8.27. The molecule has 0 spiro atoms. The highest BCUT2D eigenvalue weighted by Crippen LogP contribution is 2.28. The van der Waals surface area contributed by atoms with E-state index in [4.69, 9.17) is 0 Å². The predicted octanol–water partition coefficient (Wildman–Crippen LogP) is 2.43. The summed E-state index contributed by atoms with van der Waals surface area (Å²) < 4.78 is 0. The molecule has 0 aromatic carbocycles. The van der Waals surface area contributed by atoms with Crippen LogP contribution < -0.4 is 5.32 Å². The molecule has 0 aromatic rings. The third-order valence-electron chi connectivity index (χ3n) is 4.42. The average molecular weight is 269 g/mol. The average Bonchev–Trinajstić information content (AvgIpc) is 2.90. The SMILES string of the molecule is CCNC(CN(CC)CCCN(C)C)C1CCCC1. The Labute approximate surface area is 120 Å². The van der Waals surface area contributed by atoms with Gasteiger partial charge in [-0.1, -0.05) is 26.7 Å². The highest BCUT2D eigenvalue weighted by molar-refractivity contribution is 4.83. The highest BCUT2D eigenvalue weighted by Gasteiger charge is 2.25. The van der Waals surface area contributed by atoms with Crippen LogP contribution in [0.4, 0.5) is 0 Å². The first kappa shape index (κ1) is 16.9. The van der Waals surface area contributed by atoms with E-state index >= 15 is 0 Å². The second kappa shape index (κ2) is 9.73. The summed E-state index contributed by atoms with van der Waals surface area (Å²) in [5, 5.41) is 3.74. The van der Waals surface area contributed by atoms with Crippen molar-refractivity contribution in [3.8, 4) is 0 Å². The fourth-order valence-electron chi connectivity index (χ4n) is 3.27. The zero-order valence-electron chi connectivity index (χ0n) is 13.6. The lowest BCUT2D eigenvalue weighted by Crippen LogP contribution is -2.45. The van der Waals surface area contributed by atoms with E-state index in [0.29, 0.717) is 6.04 Å². The fourth-order valence-corrected chi connectivity index (χ4v) is 3.27. The molecule has 19 heavy (non-hydrogen) atoms. The quantitative estimate of drug-likeness (QED) is 0.657. The van der Waals surface area contributed by atoms with Crippen LogP contribution in [0.1, 0.15) is 46.0 Å². The zero-order chi connectivity index (χ0) is 14.1. The van der Waals surface area contributed by atoms with Gasteiger partial charge in [0.2, 0.25) is 0 Å². The summed E-state index contributed by atoms with van der Waals surface area (Å²) in [6, 6.07) is 0.715. The Morgan fingerprint density at radius 2 is 1.79 bits per heavy atom. The number of hydrogen-bond acceptors (Lipinski definition) is 3. The molecule has 0 aromatic heterocycles. The third-order valence-corrected chi connectivity index (χ3v) is 4.42. The van der Waals surface area contributed by atoms with E-state index in [0.717, 1.165) is 12.5 Å². The van der Waals surface area contributed by atoms with Crippen LogP contribution in [0, 0.1) is 5.92 Å². The molecule has 1 rings (SSSR count). The molecule has 0 aliphatic heterocycles. The van der Waals surface area contributed by atoms with Crippen molar-refractivity contribution in [3.05, 3.63) is 0 Å². The molecule has 1 aliphatic rings. The van der Waals surface area contributed by atoms with Crippen LogP contribution in [0.2, 0.25) is 0 Å². The summed E-state index contributed by atoms with van der Waals surface area (Å²) in [4.78, 5) is 4.92. The van der Waals surface area contributed by atoms with Crippen molar-refractivity contribution in [2.75, 3.05) is 46.8 Å². The molecule has 3 nitrogen and oxygen atoms in total. The van der Waals surface area contributed by atoms with Crippen LogP contribution in [-0.4, -0.2) is 62.7 Å². The molecule has 0 heterocycles. The van der Waals surface area contributed by atoms with Gasteiger partial charge in [0.15, 0.2) is 0 Å².